The molecular weight excluding hydrogens is 468 g/mol. The van der Waals surface area contributed by atoms with Crippen molar-refractivity contribution >= 4 is 21.4 Å². The molecule has 0 saturated heterocycles. The minimum atomic E-state index is -4.04. The Morgan fingerprint density at radius 2 is 1.62 bits per heavy atom. The SMILES string of the molecule is COc1cc2c(c(OC)c1OC)C1=CC(F)(F)C(=O)C=C1CN(S(=O)(=O)c1ccc(C)cc1)C2. The molecule has 0 fully saturated rings. The Hall–Kier alpha value is -3.24. The van der Waals surface area contributed by atoms with Crippen molar-refractivity contribution < 1.29 is 36.2 Å². The Morgan fingerprint density at radius 1 is 0.971 bits per heavy atom. The van der Waals surface area contributed by atoms with Gasteiger partial charge in [0.15, 0.2) is 11.5 Å². The van der Waals surface area contributed by atoms with Gasteiger partial charge in [-0.2, -0.15) is 13.1 Å². The standard InChI is InChI=1S/C24H23F2NO6S/c1-14-5-7-17(8-6-14)34(29,30)27-12-15-10-20(28)24(25,26)11-18(15)21-16(13-27)9-19(31-2)22(32-3)23(21)33-4/h5-11H,12-13H2,1-4H3. The molecule has 2 aromatic rings. The Balaban J connectivity index is 1.99. The maximum Gasteiger partial charge on any atom is 0.328 e. The lowest BCUT2D eigenvalue weighted by molar-refractivity contribution is -0.131. The van der Waals surface area contributed by atoms with Gasteiger partial charge in [-0.3, -0.25) is 4.79 Å². The number of carbonyl (C=O) groups is 1. The van der Waals surface area contributed by atoms with Crippen LogP contribution in [0.3, 0.4) is 0 Å². The van der Waals surface area contributed by atoms with E-state index in [-0.39, 0.29) is 51.9 Å². The van der Waals surface area contributed by atoms with Gasteiger partial charge in [-0.25, -0.2) is 8.42 Å². The molecule has 7 nitrogen and oxygen atoms in total. The van der Waals surface area contributed by atoms with E-state index in [1.807, 2.05) is 6.92 Å². The Labute approximate surface area is 196 Å². The second-order valence-electron chi connectivity index (χ2n) is 7.98. The molecule has 0 N–H and O–H groups in total. The molecular formula is C24H23F2NO6S. The molecule has 1 heterocycles. The lowest BCUT2D eigenvalue weighted by Crippen LogP contribution is -2.33. The van der Waals surface area contributed by atoms with E-state index in [1.54, 1.807) is 12.1 Å². The fourth-order valence-electron chi connectivity index (χ4n) is 4.13. The summed E-state index contributed by atoms with van der Waals surface area (Å²) < 4.78 is 73.5. The first kappa shape index (κ1) is 23.9. The first-order chi connectivity index (χ1) is 16.0. The summed E-state index contributed by atoms with van der Waals surface area (Å²) in [5.41, 5.74) is 1.62. The molecule has 1 aliphatic heterocycles. The number of ether oxygens (including phenoxy) is 3. The van der Waals surface area contributed by atoms with E-state index < -0.39 is 21.7 Å². The molecule has 180 valence electrons. The van der Waals surface area contributed by atoms with Gasteiger partial charge < -0.3 is 14.2 Å². The van der Waals surface area contributed by atoms with Crippen molar-refractivity contribution in [2.75, 3.05) is 27.9 Å². The summed E-state index contributed by atoms with van der Waals surface area (Å²) in [5, 5.41) is 0. The van der Waals surface area contributed by atoms with Crippen LogP contribution in [-0.2, 0) is 21.4 Å². The molecule has 10 heteroatoms. The van der Waals surface area contributed by atoms with Gasteiger partial charge >= 0.3 is 5.92 Å². The average molecular weight is 492 g/mol. The molecule has 1 aliphatic carbocycles. The summed E-state index contributed by atoms with van der Waals surface area (Å²) in [7, 11) is 0.0825. The zero-order valence-electron chi connectivity index (χ0n) is 19.0. The second-order valence-corrected chi connectivity index (χ2v) is 9.92. The van der Waals surface area contributed by atoms with Gasteiger partial charge in [0, 0.05) is 24.7 Å². The fourth-order valence-corrected chi connectivity index (χ4v) is 5.53. The number of allylic oxidation sites excluding steroid dienone is 2. The summed E-state index contributed by atoms with van der Waals surface area (Å²) in [5.74, 6) is -4.65. The van der Waals surface area contributed by atoms with Crippen molar-refractivity contribution in [2.24, 2.45) is 0 Å². The number of nitrogens with zero attached hydrogens (tertiary/aromatic N) is 1. The molecule has 34 heavy (non-hydrogen) atoms. The normalized spacial score (nSPS) is 17.6. The van der Waals surface area contributed by atoms with Crippen molar-refractivity contribution in [2.45, 2.75) is 24.3 Å². The minimum absolute atomic E-state index is 0.0130. The third-order valence-corrected chi connectivity index (χ3v) is 7.64. The largest absolute Gasteiger partial charge is 0.493 e. The summed E-state index contributed by atoms with van der Waals surface area (Å²) in [4.78, 5) is 12.2. The molecule has 2 aromatic carbocycles. The number of carbonyl (C=O) groups excluding carboxylic acids is 1. The number of hydrogen-bond acceptors (Lipinski definition) is 6. The van der Waals surface area contributed by atoms with Gasteiger partial charge in [0.2, 0.25) is 21.6 Å². The van der Waals surface area contributed by atoms with E-state index in [9.17, 15) is 22.0 Å². The molecule has 4 rings (SSSR count). The highest BCUT2D eigenvalue weighted by molar-refractivity contribution is 7.89. The van der Waals surface area contributed by atoms with Crippen LogP contribution in [0.5, 0.6) is 17.2 Å². The topological polar surface area (TPSA) is 82.1 Å². The monoisotopic (exact) mass is 491 g/mol. The number of fused-ring (bicyclic) bond motifs is 3. The van der Waals surface area contributed by atoms with Gasteiger partial charge in [-0.1, -0.05) is 17.7 Å². The first-order valence-electron chi connectivity index (χ1n) is 10.3. The predicted octanol–water partition coefficient (Wildman–Crippen LogP) is 3.75. The number of aryl methyl sites for hydroxylation is 1. The highest BCUT2D eigenvalue weighted by Gasteiger charge is 2.43. The molecule has 0 unspecified atom stereocenters. The average Bonchev–Trinajstić information content (AvgIpc) is 2.94. The van der Waals surface area contributed by atoms with E-state index in [2.05, 4.69) is 0 Å². The Morgan fingerprint density at radius 3 is 2.21 bits per heavy atom. The Bertz CT molecular complexity index is 1330. The first-order valence-corrected chi connectivity index (χ1v) is 11.7. The van der Waals surface area contributed by atoms with E-state index in [4.69, 9.17) is 14.2 Å². The van der Waals surface area contributed by atoms with Crippen LogP contribution in [0, 0.1) is 6.92 Å². The van der Waals surface area contributed by atoms with Crippen LogP contribution in [0.1, 0.15) is 16.7 Å². The number of benzene rings is 2. The van der Waals surface area contributed by atoms with E-state index in [0.717, 1.165) is 15.9 Å². The summed E-state index contributed by atoms with van der Waals surface area (Å²) in [6, 6.07) is 7.84. The number of halogens is 2. The summed E-state index contributed by atoms with van der Waals surface area (Å²) >= 11 is 0. The highest BCUT2D eigenvalue weighted by atomic mass is 32.2. The van der Waals surface area contributed by atoms with Crippen LogP contribution >= 0.6 is 0 Å². The number of methoxy groups -OCH3 is 3. The number of alkyl halides is 2. The molecule has 0 atom stereocenters. The van der Waals surface area contributed by atoms with Crippen LogP contribution in [0.15, 0.2) is 53.0 Å². The number of rotatable bonds is 5. The van der Waals surface area contributed by atoms with Gasteiger partial charge in [-0.15, -0.1) is 0 Å². The lowest BCUT2D eigenvalue weighted by Gasteiger charge is -2.24. The zero-order chi connectivity index (χ0) is 24.8. The molecule has 0 amide bonds. The van der Waals surface area contributed by atoms with Crippen LogP contribution in [0.25, 0.3) is 5.57 Å². The van der Waals surface area contributed by atoms with E-state index in [1.165, 1.54) is 39.5 Å². The highest BCUT2D eigenvalue weighted by Crippen LogP contribution is 2.50. The smallest absolute Gasteiger partial charge is 0.328 e. The molecule has 0 aromatic heterocycles. The van der Waals surface area contributed by atoms with Crippen LogP contribution in [-0.4, -0.2) is 52.3 Å². The quantitative estimate of drug-likeness (QED) is 0.634. The van der Waals surface area contributed by atoms with Gasteiger partial charge in [-0.05, 0) is 47.9 Å². The maximum atomic E-state index is 14.5. The zero-order valence-corrected chi connectivity index (χ0v) is 19.8. The Kier molecular flexibility index (Phi) is 5.99. The van der Waals surface area contributed by atoms with Crippen molar-refractivity contribution in [1.82, 2.24) is 4.31 Å². The summed E-state index contributed by atoms with van der Waals surface area (Å²) in [6.45, 7) is 1.38. The van der Waals surface area contributed by atoms with Gasteiger partial charge in [0.05, 0.1) is 26.2 Å². The fraction of sp³-hybridized carbons (Fsp3) is 0.292. The number of sulfonamides is 1. The third kappa shape index (κ3) is 3.86. The van der Waals surface area contributed by atoms with Crippen LogP contribution < -0.4 is 14.2 Å². The van der Waals surface area contributed by atoms with E-state index in [0.29, 0.717) is 11.6 Å². The van der Waals surface area contributed by atoms with Gasteiger partial charge in [0.25, 0.3) is 0 Å². The number of hydrogen-bond donors (Lipinski definition) is 0. The molecule has 0 saturated carbocycles. The molecule has 0 bridgehead atoms. The second kappa shape index (κ2) is 8.52. The van der Waals surface area contributed by atoms with Gasteiger partial charge in [0.1, 0.15) is 0 Å². The van der Waals surface area contributed by atoms with Crippen molar-refractivity contribution in [3.8, 4) is 17.2 Å². The molecule has 0 spiro atoms. The number of ketones is 1. The summed E-state index contributed by atoms with van der Waals surface area (Å²) in [6.07, 6.45) is 1.36. The molecule has 0 radical (unpaired) electrons. The minimum Gasteiger partial charge on any atom is -0.493 e. The predicted molar refractivity (Wildman–Crippen MR) is 121 cm³/mol. The van der Waals surface area contributed by atoms with Crippen molar-refractivity contribution in [1.29, 1.82) is 0 Å². The lowest BCUT2D eigenvalue weighted by atomic mass is 9.87. The van der Waals surface area contributed by atoms with Crippen molar-refractivity contribution in [3.63, 3.8) is 0 Å². The third-order valence-electron chi connectivity index (χ3n) is 5.84. The van der Waals surface area contributed by atoms with Crippen LogP contribution in [0.4, 0.5) is 8.78 Å². The molecule has 2 aliphatic rings. The van der Waals surface area contributed by atoms with Crippen molar-refractivity contribution in [3.05, 3.63) is 64.7 Å². The maximum absolute atomic E-state index is 14.5. The van der Waals surface area contributed by atoms with Crippen LogP contribution in [0.2, 0.25) is 0 Å². The van der Waals surface area contributed by atoms with E-state index >= 15 is 0 Å².